The zero-order valence-corrected chi connectivity index (χ0v) is 20.2. The summed E-state index contributed by atoms with van der Waals surface area (Å²) in [4.78, 5) is 10.9. The number of nitrogens with one attached hydrogen (secondary N) is 2. The van der Waals surface area contributed by atoms with Crippen molar-refractivity contribution >= 4 is 35.4 Å². The summed E-state index contributed by atoms with van der Waals surface area (Å²) in [6.45, 7) is 2.62. The number of benzene rings is 1. The second-order valence-electron chi connectivity index (χ2n) is 7.86. The van der Waals surface area contributed by atoms with Crippen LogP contribution in [-0.2, 0) is 6.54 Å². The standard InChI is InChI=1S/C22H25FN4O.CH3.Sb/c1-15(27-20-7-3-5-17(13-24)22(20)23)11-21(25-2)16-8-9-18(12-16)28-19-6-4-10-26-14-19;;/h3-4,6-7,10-11,14,16,18,24,27H,8-9,12-13H2,1-2H3;1H3;/q-1;;+1/b15-11+,25-21?;;. The fourth-order valence-corrected chi connectivity index (χ4v) is 8.36. The zero-order chi connectivity index (χ0) is 21.1. The molecule has 2 N–H and O–H groups in total. The van der Waals surface area contributed by atoms with Crippen LogP contribution in [0.3, 0.4) is 0 Å². The van der Waals surface area contributed by atoms with Crippen LogP contribution in [0.2, 0.25) is 4.87 Å². The summed E-state index contributed by atoms with van der Waals surface area (Å²) in [5, 5.41) is 3.25. The number of rotatable bonds is 6. The molecule has 5 nitrogen and oxygen atoms in total. The molecule has 4 rings (SSSR count). The first kappa shape index (κ1) is 21.3. The quantitative estimate of drug-likeness (QED) is 0.453. The van der Waals surface area contributed by atoms with Gasteiger partial charge in [-0.2, -0.15) is 0 Å². The molecular weight excluding hydrogens is 489 g/mol. The van der Waals surface area contributed by atoms with Crippen LogP contribution in [0.15, 0.2) is 53.4 Å². The third kappa shape index (κ3) is 4.70. The van der Waals surface area contributed by atoms with E-state index in [0.717, 1.165) is 42.0 Å². The predicted molar refractivity (Wildman–Crippen MR) is 121 cm³/mol. The molecule has 1 fully saturated rings. The number of ether oxygens (including phenoxy) is 1. The van der Waals surface area contributed by atoms with Gasteiger partial charge in [0.25, 0.3) is 0 Å². The Morgan fingerprint density at radius 2 is 2.23 bits per heavy atom. The van der Waals surface area contributed by atoms with Gasteiger partial charge >= 0.3 is 150 Å². The zero-order valence-electron chi connectivity index (χ0n) is 17.7. The number of allylic oxidation sites excluding steroid dienone is 2. The maximum absolute atomic E-state index is 14.9. The van der Waals surface area contributed by atoms with Crippen molar-refractivity contribution < 1.29 is 9.13 Å². The van der Waals surface area contributed by atoms with E-state index in [-0.39, 0.29) is 11.9 Å². The summed E-state index contributed by atoms with van der Waals surface area (Å²) in [6, 6.07) is 7.78. The molecule has 2 unspecified atom stereocenters. The number of nitrogens with zero attached hydrogens (tertiary/aromatic N) is 2. The van der Waals surface area contributed by atoms with Crippen molar-refractivity contribution in [2.24, 2.45) is 10.9 Å². The van der Waals surface area contributed by atoms with Crippen LogP contribution in [0.4, 0.5) is 10.1 Å². The van der Waals surface area contributed by atoms with Gasteiger partial charge in [0.05, 0.1) is 6.20 Å². The van der Waals surface area contributed by atoms with Gasteiger partial charge < -0.3 is 0 Å². The average Bonchev–Trinajstić information content (AvgIpc) is 3.36. The first-order chi connectivity index (χ1) is 14.5. The van der Waals surface area contributed by atoms with E-state index in [4.69, 9.17) is 4.74 Å². The molecule has 0 amide bonds. The van der Waals surface area contributed by atoms with E-state index in [1.807, 2.05) is 38.2 Å². The van der Waals surface area contributed by atoms with Crippen LogP contribution in [0.25, 0.3) is 0 Å². The van der Waals surface area contributed by atoms with Crippen molar-refractivity contribution in [1.29, 1.82) is 0 Å². The van der Waals surface area contributed by atoms with Crippen LogP contribution in [0.1, 0.15) is 31.7 Å². The van der Waals surface area contributed by atoms with Crippen LogP contribution < -0.4 is 17.0 Å². The van der Waals surface area contributed by atoms with Gasteiger partial charge in [0.1, 0.15) is 5.75 Å². The van der Waals surface area contributed by atoms with E-state index in [0.29, 0.717) is 18.2 Å². The molecule has 7 heteroatoms. The van der Waals surface area contributed by atoms with Gasteiger partial charge in [0.15, 0.2) is 0 Å². The summed E-state index contributed by atoms with van der Waals surface area (Å²) in [6.07, 6.45) is 8.67. The Balaban J connectivity index is 1.41. The normalized spacial score (nSPS) is 22.3. The molecule has 2 aliphatic rings. The maximum atomic E-state index is 14.9. The van der Waals surface area contributed by atoms with Crippen molar-refractivity contribution in [3.8, 4) is 5.75 Å². The molecule has 1 saturated carbocycles. The minimum atomic E-state index is -1.61. The summed E-state index contributed by atoms with van der Waals surface area (Å²) in [5.74, 6) is 1.03. The SMILES string of the molecule is CN=C(/C=C(\C)Nc1cc[c]2c(c1F)C[NH][Sb]2[CH3])C1CCC(Oc2cccnc2)C1. The van der Waals surface area contributed by atoms with E-state index < -0.39 is 20.5 Å². The number of halogens is 1. The van der Waals surface area contributed by atoms with Gasteiger partial charge in [-0.25, -0.2) is 0 Å². The van der Waals surface area contributed by atoms with Crippen LogP contribution in [-0.4, -0.2) is 44.3 Å². The Bertz CT molecular complexity index is 963. The molecule has 1 aliphatic heterocycles. The van der Waals surface area contributed by atoms with E-state index in [9.17, 15) is 4.39 Å². The minimum absolute atomic E-state index is 0.123. The molecule has 0 radical (unpaired) electrons. The number of fused-ring (bicyclic) bond motifs is 1. The molecule has 30 heavy (non-hydrogen) atoms. The van der Waals surface area contributed by atoms with Crippen molar-refractivity contribution in [3.05, 3.63) is 59.8 Å². The number of hydrogen-bond donors (Lipinski definition) is 2. The molecule has 1 aliphatic carbocycles. The first-order valence-electron chi connectivity index (χ1n) is 10.3. The Kier molecular flexibility index (Phi) is 6.74. The molecule has 0 saturated heterocycles. The van der Waals surface area contributed by atoms with Crippen molar-refractivity contribution in [3.63, 3.8) is 0 Å². The van der Waals surface area contributed by atoms with E-state index in [2.05, 4.69) is 29.7 Å². The molecule has 2 atom stereocenters. The second-order valence-corrected chi connectivity index (χ2v) is 13.3. The molecule has 0 spiro atoms. The molecular formula is C23H28FN4OSb. The Hall–Kier alpha value is -1.91. The molecule has 0 bridgehead atoms. The summed E-state index contributed by atoms with van der Waals surface area (Å²) in [7, 11) is 1.82. The predicted octanol–water partition coefficient (Wildman–Crippen LogP) is 3.79. The summed E-state index contributed by atoms with van der Waals surface area (Å²) < 4.78 is 25.7. The average molecular weight is 517 g/mol. The third-order valence-corrected chi connectivity index (χ3v) is 10.8. The fraction of sp³-hybridized carbons (Fsp3) is 0.391. The number of pyridine rings is 1. The van der Waals surface area contributed by atoms with Gasteiger partial charge in [0.2, 0.25) is 0 Å². The Morgan fingerprint density at radius 1 is 1.37 bits per heavy atom. The third-order valence-electron chi connectivity index (χ3n) is 5.77. The van der Waals surface area contributed by atoms with Crippen molar-refractivity contribution in [2.75, 3.05) is 12.4 Å². The number of hydrogen-bond acceptors (Lipinski definition) is 5. The van der Waals surface area contributed by atoms with Gasteiger partial charge in [-0.3, -0.25) is 4.98 Å². The molecule has 2 aromatic rings. The molecule has 1 aromatic carbocycles. The fourth-order valence-electron chi connectivity index (χ4n) is 4.23. The van der Waals surface area contributed by atoms with Gasteiger partial charge in [-0.05, 0) is 12.1 Å². The van der Waals surface area contributed by atoms with Gasteiger partial charge in [0, 0.05) is 6.20 Å². The molecule has 2 heterocycles. The number of anilines is 1. The first-order valence-corrected chi connectivity index (χ1v) is 15.4. The summed E-state index contributed by atoms with van der Waals surface area (Å²) in [5.41, 5.74) is 3.31. The molecule has 1 aromatic heterocycles. The topological polar surface area (TPSA) is 58.5 Å². The van der Waals surface area contributed by atoms with Gasteiger partial charge in [-0.1, -0.05) is 0 Å². The van der Waals surface area contributed by atoms with Crippen molar-refractivity contribution in [2.45, 2.75) is 43.7 Å². The monoisotopic (exact) mass is 516 g/mol. The number of aromatic nitrogens is 1. The van der Waals surface area contributed by atoms with Crippen LogP contribution in [0.5, 0.6) is 5.75 Å². The number of aliphatic imine (C=N–C) groups is 1. The second kappa shape index (κ2) is 9.48. The van der Waals surface area contributed by atoms with E-state index in [1.165, 1.54) is 3.51 Å². The summed E-state index contributed by atoms with van der Waals surface area (Å²) >= 11 is -1.61. The Morgan fingerprint density at radius 3 is 3.00 bits per heavy atom. The van der Waals surface area contributed by atoms with Crippen LogP contribution in [0, 0.1) is 11.7 Å². The molecule has 158 valence electrons. The van der Waals surface area contributed by atoms with Gasteiger partial charge in [-0.15, -0.1) is 0 Å². The van der Waals surface area contributed by atoms with E-state index >= 15 is 0 Å². The van der Waals surface area contributed by atoms with E-state index in [1.54, 1.807) is 12.4 Å². The van der Waals surface area contributed by atoms with Crippen LogP contribution >= 0.6 is 0 Å². The Labute approximate surface area is 185 Å². The van der Waals surface area contributed by atoms with Crippen molar-refractivity contribution in [1.82, 2.24) is 8.46 Å².